The first-order valence-electron chi connectivity index (χ1n) is 9.94. The fourth-order valence-electron chi connectivity index (χ4n) is 3.08. The molecule has 1 aromatic rings. The molecule has 0 bridgehead atoms. The van der Waals surface area contributed by atoms with E-state index < -0.39 is 12.0 Å². The summed E-state index contributed by atoms with van der Waals surface area (Å²) in [7, 11) is 0. The fourth-order valence-corrected chi connectivity index (χ4v) is 3.08. The topological polar surface area (TPSA) is 84.5 Å². The van der Waals surface area contributed by atoms with Gasteiger partial charge in [-0.05, 0) is 50.2 Å². The minimum atomic E-state index is -0.812. The summed E-state index contributed by atoms with van der Waals surface area (Å²) in [5.41, 5.74) is 1.85. The fraction of sp³-hybridized carbons (Fsp3) is 0.500. The number of nitrogens with one attached hydrogen (secondary N) is 2. The first-order chi connectivity index (χ1) is 13.5. The minimum Gasteiger partial charge on any atom is -0.454 e. The summed E-state index contributed by atoms with van der Waals surface area (Å²) in [4.78, 5) is 36.6. The number of benzene rings is 1. The van der Waals surface area contributed by atoms with Crippen molar-refractivity contribution < 1.29 is 19.1 Å². The second-order valence-electron chi connectivity index (χ2n) is 7.38. The second-order valence-corrected chi connectivity index (χ2v) is 7.38. The zero-order valence-corrected chi connectivity index (χ0v) is 16.7. The summed E-state index contributed by atoms with van der Waals surface area (Å²) in [5, 5.41) is 5.47. The van der Waals surface area contributed by atoms with Gasteiger partial charge in [0.25, 0.3) is 11.8 Å². The van der Waals surface area contributed by atoms with E-state index in [0.29, 0.717) is 12.1 Å². The van der Waals surface area contributed by atoms with Gasteiger partial charge >= 0.3 is 5.97 Å². The van der Waals surface area contributed by atoms with Gasteiger partial charge in [0, 0.05) is 12.1 Å². The van der Waals surface area contributed by atoms with E-state index in [4.69, 9.17) is 4.74 Å². The van der Waals surface area contributed by atoms with Crippen LogP contribution in [0.3, 0.4) is 0 Å². The van der Waals surface area contributed by atoms with Gasteiger partial charge in [-0.1, -0.05) is 43.7 Å². The van der Waals surface area contributed by atoms with Crippen LogP contribution in [-0.4, -0.2) is 37.0 Å². The molecule has 2 N–H and O–H groups in total. The number of carbonyl (C=O) groups excluding carboxylic acids is 3. The highest BCUT2D eigenvalue weighted by Crippen LogP contribution is 2.19. The lowest BCUT2D eigenvalue weighted by Gasteiger charge is -2.21. The first-order valence-corrected chi connectivity index (χ1v) is 9.94. The molecule has 0 saturated carbocycles. The summed E-state index contributed by atoms with van der Waals surface area (Å²) in [5.74, 6) is -1.45. The number of rotatable bonds is 9. The number of ether oxygens (including phenoxy) is 1. The number of allylic oxidation sites excluding steroid dienone is 1. The quantitative estimate of drug-likeness (QED) is 0.505. The maximum Gasteiger partial charge on any atom is 0.329 e. The molecule has 1 aliphatic carbocycles. The molecular formula is C22H30N2O4. The van der Waals surface area contributed by atoms with Crippen LogP contribution in [0.5, 0.6) is 0 Å². The van der Waals surface area contributed by atoms with E-state index in [0.717, 1.165) is 19.3 Å². The Hall–Kier alpha value is -2.63. The molecule has 0 saturated heterocycles. The number of carbonyl (C=O) groups is 3. The van der Waals surface area contributed by atoms with Crippen LogP contribution >= 0.6 is 0 Å². The van der Waals surface area contributed by atoms with Crippen molar-refractivity contribution in [3.05, 3.63) is 47.5 Å². The summed E-state index contributed by atoms with van der Waals surface area (Å²) in [6, 6.07) is 7.86. The van der Waals surface area contributed by atoms with Gasteiger partial charge in [0.1, 0.15) is 6.04 Å². The van der Waals surface area contributed by atoms with Crippen molar-refractivity contribution in [1.29, 1.82) is 0 Å². The Labute approximate surface area is 166 Å². The Morgan fingerprint density at radius 1 is 1.11 bits per heavy atom. The molecule has 28 heavy (non-hydrogen) atoms. The summed E-state index contributed by atoms with van der Waals surface area (Å²) >= 11 is 0. The summed E-state index contributed by atoms with van der Waals surface area (Å²) < 4.78 is 5.13. The third-order valence-electron chi connectivity index (χ3n) is 4.74. The van der Waals surface area contributed by atoms with Gasteiger partial charge in [0.15, 0.2) is 6.61 Å². The molecule has 0 radical (unpaired) electrons. The van der Waals surface area contributed by atoms with Crippen LogP contribution in [0.25, 0.3) is 0 Å². The maximum atomic E-state index is 12.4. The van der Waals surface area contributed by atoms with Crippen molar-refractivity contribution in [2.75, 3.05) is 13.2 Å². The lowest BCUT2D eigenvalue weighted by atomic mass is 9.97. The van der Waals surface area contributed by atoms with Gasteiger partial charge in [-0.15, -0.1) is 0 Å². The third kappa shape index (κ3) is 7.18. The van der Waals surface area contributed by atoms with Crippen molar-refractivity contribution in [2.45, 2.75) is 52.0 Å². The van der Waals surface area contributed by atoms with Crippen LogP contribution in [-0.2, 0) is 14.3 Å². The molecule has 0 heterocycles. The van der Waals surface area contributed by atoms with Crippen LogP contribution in [0.2, 0.25) is 0 Å². The minimum absolute atomic E-state index is 0.165. The van der Waals surface area contributed by atoms with Gasteiger partial charge < -0.3 is 15.4 Å². The van der Waals surface area contributed by atoms with E-state index in [1.165, 1.54) is 18.4 Å². The van der Waals surface area contributed by atoms with Crippen molar-refractivity contribution in [2.24, 2.45) is 5.92 Å². The maximum absolute atomic E-state index is 12.4. The highest BCUT2D eigenvalue weighted by Gasteiger charge is 2.26. The molecule has 0 aromatic heterocycles. The molecule has 1 aliphatic rings. The van der Waals surface area contributed by atoms with Crippen LogP contribution in [0.4, 0.5) is 0 Å². The van der Waals surface area contributed by atoms with Gasteiger partial charge in [-0.25, -0.2) is 4.79 Å². The zero-order chi connectivity index (χ0) is 20.4. The molecule has 1 atom stereocenters. The van der Waals surface area contributed by atoms with Gasteiger partial charge in [0.2, 0.25) is 0 Å². The van der Waals surface area contributed by atoms with Crippen molar-refractivity contribution in [1.82, 2.24) is 10.6 Å². The molecule has 2 rings (SSSR count). The lowest BCUT2D eigenvalue weighted by Crippen LogP contribution is -2.46. The standard InChI is InChI=1S/C22H30N2O4/c1-16(2)20(24-21(26)18-11-7-4-8-12-18)22(27)28-15-19(25)23-14-13-17-9-5-3-6-10-17/h4,7-9,11-12,16,20H,3,5-6,10,13-15H2,1-2H3,(H,23,25)(H,24,26)/t20-/m1/s1. The molecule has 0 aliphatic heterocycles. The van der Waals surface area contributed by atoms with E-state index in [-0.39, 0.29) is 24.3 Å². The van der Waals surface area contributed by atoms with Crippen LogP contribution in [0.15, 0.2) is 42.0 Å². The third-order valence-corrected chi connectivity index (χ3v) is 4.74. The Morgan fingerprint density at radius 2 is 1.86 bits per heavy atom. The van der Waals surface area contributed by atoms with Crippen LogP contribution < -0.4 is 10.6 Å². The van der Waals surface area contributed by atoms with Gasteiger partial charge in [0.05, 0.1) is 0 Å². The summed E-state index contributed by atoms with van der Waals surface area (Å²) in [6.45, 7) is 3.83. The SMILES string of the molecule is CC(C)[C@@H](NC(=O)c1ccccc1)C(=O)OCC(=O)NCCC1=CCCCC1. The second kappa shape index (κ2) is 11.3. The van der Waals surface area contributed by atoms with Gasteiger partial charge in [-0.3, -0.25) is 9.59 Å². The predicted octanol–water partition coefficient (Wildman–Crippen LogP) is 2.99. The molecule has 152 valence electrons. The molecule has 6 heteroatoms. The predicted molar refractivity (Wildman–Crippen MR) is 108 cm³/mol. The van der Waals surface area contributed by atoms with Gasteiger partial charge in [-0.2, -0.15) is 0 Å². The Kier molecular flexibility index (Phi) is 8.72. The smallest absolute Gasteiger partial charge is 0.329 e. The largest absolute Gasteiger partial charge is 0.454 e. The Morgan fingerprint density at radius 3 is 2.50 bits per heavy atom. The highest BCUT2D eigenvalue weighted by molar-refractivity contribution is 5.97. The van der Waals surface area contributed by atoms with E-state index in [1.807, 2.05) is 19.9 Å². The normalized spacial score (nSPS) is 14.8. The molecule has 1 aromatic carbocycles. The Bertz CT molecular complexity index is 698. The Balaban J connectivity index is 1.75. The van der Waals surface area contributed by atoms with E-state index in [1.54, 1.807) is 24.3 Å². The van der Waals surface area contributed by atoms with Crippen LogP contribution in [0.1, 0.15) is 56.3 Å². The number of hydrogen-bond acceptors (Lipinski definition) is 4. The van der Waals surface area contributed by atoms with E-state index in [9.17, 15) is 14.4 Å². The first kappa shape index (κ1) is 21.7. The number of esters is 1. The average molecular weight is 386 g/mol. The number of hydrogen-bond donors (Lipinski definition) is 2. The summed E-state index contributed by atoms with van der Waals surface area (Å²) in [6.07, 6.45) is 7.75. The average Bonchev–Trinajstić information content (AvgIpc) is 2.71. The molecule has 6 nitrogen and oxygen atoms in total. The molecule has 0 fully saturated rings. The van der Waals surface area contributed by atoms with E-state index >= 15 is 0 Å². The lowest BCUT2D eigenvalue weighted by molar-refractivity contribution is -0.151. The molecule has 2 amide bonds. The number of amides is 2. The van der Waals surface area contributed by atoms with E-state index in [2.05, 4.69) is 16.7 Å². The van der Waals surface area contributed by atoms with Crippen molar-refractivity contribution >= 4 is 17.8 Å². The van der Waals surface area contributed by atoms with Crippen molar-refractivity contribution in [3.8, 4) is 0 Å². The monoisotopic (exact) mass is 386 g/mol. The van der Waals surface area contributed by atoms with Crippen molar-refractivity contribution in [3.63, 3.8) is 0 Å². The zero-order valence-electron chi connectivity index (χ0n) is 16.7. The van der Waals surface area contributed by atoms with Crippen LogP contribution in [0, 0.1) is 5.92 Å². The highest BCUT2D eigenvalue weighted by atomic mass is 16.5. The molecule has 0 unspecified atom stereocenters. The molecule has 0 spiro atoms. The molecular weight excluding hydrogens is 356 g/mol.